The van der Waals surface area contributed by atoms with Gasteiger partial charge in [-0.25, -0.2) is 0 Å². The van der Waals surface area contributed by atoms with E-state index in [9.17, 15) is 9.59 Å². The highest BCUT2D eigenvalue weighted by molar-refractivity contribution is 6.10. The number of carbonyl (C=O) groups excluding carboxylic acids is 2. The number of nitrogens with zero attached hydrogens (tertiary/aromatic N) is 1. The number of piperidine rings is 1. The second-order valence-electron chi connectivity index (χ2n) is 3.88. The van der Waals surface area contributed by atoms with Crippen LogP contribution in [0.4, 0.5) is 0 Å². The van der Waals surface area contributed by atoms with Gasteiger partial charge in [-0.2, -0.15) is 0 Å². The molecule has 0 aromatic heterocycles. The molecule has 0 bridgehead atoms. The van der Waals surface area contributed by atoms with Gasteiger partial charge in [0.25, 0.3) is 0 Å². The summed E-state index contributed by atoms with van der Waals surface area (Å²) < 4.78 is 0. The van der Waals surface area contributed by atoms with E-state index in [1.54, 1.807) is 0 Å². The lowest BCUT2D eigenvalue weighted by Crippen LogP contribution is -2.30. The Kier molecular flexibility index (Phi) is 0.926. The lowest BCUT2D eigenvalue weighted by atomic mass is 10.1. The van der Waals surface area contributed by atoms with Crippen molar-refractivity contribution in [2.75, 3.05) is 0 Å². The topological polar surface area (TPSA) is 37.4 Å². The zero-order valence-corrected chi connectivity index (χ0v) is 6.63. The molecule has 59 valence electrons. The van der Waals surface area contributed by atoms with E-state index in [0.717, 1.165) is 4.90 Å². The maximum absolute atomic E-state index is 11.2. The number of hydrogen-bond acceptors (Lipinski definition) is 2. The van der Waals surface area contributed by atoms with Crippen LogP contribution in [0.25, 0.3) is 0 Å². The molecule has 2 atom stereocenters. The van der Waals surface area contributed by atoms with E-state index < -0.39 is 0 Å². The predicted octanol–water partition coefficient (Wildman–Crippen LogP) is 0.419. The second-order valence-corrected chi connectivity index (χ2v) is 3.88. The van der Waals surface area contributed by atoms with Gasteiger partial charge in [-0.05, 0) is 5.41 Å². The molecule has 2 fully saturated rings. The number of carbonyl (C=O) groups is 2. The Morgan fingerprint density at radius 3 is 1.91 bits per heavy atom. The van der Waals surface area contributed by atoms with Crippen molar-refractivity contribution in [3.05, 3.63) is 7.05 Å². The summed E-state index contributed by atoms with van der Waals surface area (Å²) in [6.07, 6.45) is 0. The third-order valence-electron chi connectivity index (χ3n) is 2.89. The summed E-state index contributed by atoms with van der Waals surface area (Å²) in [4.78, 5) is 23.4. The van der Waals surface area contributed by atoms with Crippen LogP contribution in [0.5, 0.6) is 0 Å². The van der Waals surface area contributed by atoms with E-state index >= 15 is 0 Å². The quantitative estimate of drug-likeness (QED) is 0.472. The van der Waals surface area contributed by atoms with Crippen LogP contribution < -0.4 is 0 Å². The molecule has 2 aliphatic rings. The average Bonchev–Trinajstić information content (AvgIpc) is 2.39. The summed E-state index contributed by atoms with van der Waals surface area (Å²) in [5.41, 5.74) is -0.0949. The van der Waals surface area contributed by atoms with Gasteiger partial charge in [0.15, 0.2) is 0 Å². The fourth-order valence-electron chi connectivity index (χ4n) is 2.00. The van der Waals surface area contributed by atoms with Gasteiger partial charge in [-0.1, -0.05) is 13.8 Å². The molecule has 1 aliphatic heterocycles. The molecule has 0 aromatic carbocycles. The van der Waals surface area contributed by atoms with Crippen LogP contribution in [0, 0.1) is 24.3 Å². The van der Waals surface area contributed by atoms with Gasteiger partial charge in [0, 0.05) is 7.05 Å². The maximum Gasteiger partial charge on any atom is 0.233 e. The molecule has 2 rings (SSSR count). The van der Waals surface area contributed by atoms with Crippen molar-refractivity contribution in [2.45, 2.75) is 13.8 Å². The third-order valence-corrected chi connectivity index (χ3v) is 2.89. The first-order valence-electron chi connectivity index (χ1n) is 3.66. The number of amides is 2. The average molecular weight is 152 g/mol. The molecule has 1 aliphatic carbocycles. The van der Waals surface area contributed by atoms with E-state index in [1.807, 2.05) is 13.8 Å². The van der Waals surface area contributed by atoms with Crippen molar-refractivity contribution in [3.63, 3.8) is 0 Å². The Bertz CT molecular complexity index is 233. The van der Waals surface area contributed by atoms with Crippen molar-refractivity contribution in [3.8, 4) is 0 Å². The molecule has 2 unspecified atom stereocenters. The number of hydrogen-bond donors (Lipinski definition) is 0. The Labute approximate surface area is 65.4 Å². The standard InChI is InChI=1S/C8H10NO2/c1-8(2)4-5(8)7(11)9(3)6(4)10/h4-5H,3H2,1-2H3. The molecule has 1 radical (unpaired) electrons. The summed E-state index contributed by atoms with van der Waals surface area (Å²) in [5.74, 6) is -0.366. The number of fused-ring (bicyclic) bond motifs is 1. The second kappa shape index (κ2) is 1.49. The van der Waals surface area contributed by atoms with Crippen molar-refractivity contribution >= 4 is 11.8 Å². The van der Waals surface area contributed by atoms with Crippen molar-refractivity contribution in [1.82, 2.24) is 4.90 Å². The van der Waals surface area contributed by atoms with E-state index in [0.29, 0.717) is 0 Å². The minimum absolute atomic E-state index is 0.0764. The van der Waals surface area contributed by atoms with Crippen molar-refractivity contribution in [1.29, 1.82) is 0 Å². The van der Waals surface area contributed by atoms with Crippen LogP contribution in [0.2, 0.25) is 0 Å². The largest absolute Gasteiger partial charge is 0.280 e. The lowest BCUT2D eigenvalue weighted by Gasteiger charge is -2.14. The van der Waals surface area contributed by atoms with Gasteiger partial charge in [0.1, 0.15) is 0 Å². The Balaban J connectivity index is 2.35. The highest BCUT2D eigenvalue weighted by Crippen LogP contribution is 2.62. The SMILES string of the molecule is [CH2]N1C(=O)C2C(C1=O)C2(C)C. The van der Waals surface area contributed by atoms with Gasteiger partial charge in [0.05, 0.1) is 11.8 Å². The normalized spacial score (nSPS) is 39.4. The van der Waals surface area contributed by atoms with Gasteiger partial charge in [-0.15, -0.1) is 0 Å². The molecule has 0 aromatic rings. The van der Waals surface area contributed by atoms with Crippen molar-refractivity contribution < 1.29 is 9.59 Å². The highest BCUT2D eigenvalue weighted by atomic mass is 16.2. The van der Waals surface area contributed by atoms with Gasteiger partial charge < -0.3 is 0 Å². The molecule has 3 nitrogen and oxygen atoms in total. The first kappa shape index (κ1) is 6.83. The Hall–Kier alpha value is -0.860. The van der Waals surface area contributed by atoms with Crippen LogP contribution in [-0.4, -0.2) is 16.7 Å². The summed E-state index contributed by atoms with van der Waals surface area (Å²) in [7, 11) is 3.38. The van der Waals surface area contributed by atoms with E-state index in [1.165, 1.54) is 0 Å². The molecule has 11 heavy (non-hydrogen) atoms. The Morgan fingerprint density at radius 1 is 1.27 bits per heavy atom. The Morgan fingerprint density at radius 2 is 1.64 bits per heavy atom. The number of likely N-dealkylation sites (tertiary alicyclic amines) is 1. The highest BCUT2D eigenvalue weighted by Gasteiger charge is 2.71. The summed E-state index contributed by atoms with van der Waals surface area (Å²) in [6.45, 7) is 3.90. The van der Waals surface area contributed by atoms with Crippen LogP contribution >= 0.6 is 0 Å². The molecule has 1 saturated heterocycles. The molecule has 1 heterocycles. The molecule has 2 amide bonds. The fourth-order valence-corrected chi connectivity index (χ4v) is 2.00. The molecular formula is C8H10NO2. The van der Waals surface area contributed by atoms with E-state index in [-0.39, 0.29) is 29.1 Å². The lowest BCUT2D eigenvalue weighted by molar-refractivity contribution is -0.139. The number of rotatable bonds is 0. The van der Waals surface area contributed by atoms with Crippen LogP contribution in [0.15, 0.2) is 0 Å². The molecule has 0 N–H and O–H groups in total. The predicted molar refractivity (Wildman–Crippen MR) is 38.0 cm³/mol. The third kappa shape index (κ3) is 0.549. The fraction of sp³-hybridized carbons (Fsp3) is 0.625. The first-order valence-corrected chi connectivity index (χ1v) is 3.66. The molecule has 1 saturated carbocycles. The first-order chi connectivity index (χ1) is 4.98. The zero-order chi connectivity index (χ0) is 8.39. The zero-order valence-electron chi connectivity index (χ0n) is 6.63. The summed E-state index contributed by atoms with van der Waals surface area (Å²) >= 11 is 0. The minimum Gasteiger partial charge on any atom is -0.280 e. The molecular weight excluding hydrogens is 142 g/mol. The van der Waals surface area contributed by atoms with Crippen LogP contribution in [0.3, 0.4) is 0 Å². The van der Waals surface area contributed by atoms with Gasteiger partial charge >= 0.3 is 0 Å². The molecule has 0 spiro atoms. The van der Waals surface area contributed by atoms with E-state index in [2.05, 4.69) is 7.05 Å². The number of imide groups is 1. The van der Waals surface area contributed by atoms with Crippen LogP contribution in [-0.2, 0) is 9.59 Å². The molecule has 3 heteroatoms. The van der Waals surface area contributed by atoms with Crippen LogP contribution in [0.1, 0.15) is 13.8 Å². The monoisotopic (exact) mass is 152 g/mol. The minimum atomic E-state index is -0.106. The van der Waals surface area contributed by atoms with Gasteiger partial charge in [0.2, 0.25) is 11.8 Å². The van der Waals surface area contributed by atoms with E-state index in [4.69, 9.17) is 0 Å². The maximum atomic E-state index is 11.2. The van der Waals surface area contributed by atoms with Gasteiger partial charge in [-0.3, -0.25) is 14.5 Å². The summed E-state index contributed by atoms with van der Waals surface area (Å²) in [6, 6.07) is 0. The smallest absolute Gasteiger partial charge is 0.233 e. The van der Waals surface area contributed by atoms with Crippen molar-refractivity contribution in [2.24, 2.45) is 17.3 Å². The summed E-state index contributed by atoms with van der Waals surface area (Å²) in [5, 5.41) is 0.